The molecule has 0 aromatic rings. The lowest BCUT2D eigenvalue weighted by Crippen LogP contribution is -2.46. The van der Waals surface area contributed by atoms with Crippen molar-refractivity contribution in [1.29, 1.82) is 0 Å². The second kappa shape index (κ2) is 5.55. The van der Waals surface area contributed by atoms with Gasteiger partial charge in [0.2, 0.25) is 6.10 Å². The van der Waals surface area contributed by atoms with Crippen LogP contribution < -0.4 is 0 Å². The Labute approximate surface area is 141 Å². The fraction of sp³-hybridized carbons (Fsp3) is 0.867. The fourth-order valence-electron chi connectivity index (χ4n) is 2.76. The zero-order valence-corrected chi connectivity index (χ0v) is 14.1. The Hall–Kier alpha value is -1.39. The Balaban J connectivity index is 1.73. The SMILES string of the molecule is CCC(C)(C)C(=O)OC1C(=O)OC2C3OC(C)(C(F)(F)F)OC3OC12. The van der Waals surface area contributed by atoms with Crippen molar-refractivity contribution in [1.82, 2.24) is 0 Å². The minimum atomic E-state index is -4.78. The summed E-state index contributed by atoms with van der Waals surface area (Å²) in [5.74, 6) is -4.35. The minimum Gasteiger partial charge on any atom is -0.454 e. The third kappa shape index (κ3) is 2.80. The molecule has 7 nitrogen and oxygen atoms in total. The summed E-state index contributed by atoms with van der Waals surface area (Å²) >= 11 is 0. The van der Waals surface area contributed by atoms with Crippen LogP contribution in [-0.2, 0) is 33.3 Å². The highest BCUT2D eigenvalue weighted by atomic mass is 19.4. The normalized spacial score (nSPS) is 40.6. The highest BCUT2D eigenvalue weighted by Crippen LogP contribution is 2.48. The van der Waals surface area contributed by atoms with Gasteiger partial charge in [-0.2, -0.15) is 13.2 Å². The first-order valence-corrected chi connectivity index (χ1v) is 7.89. The predicted molar refractivity (Wildman–Crippen MR) is 72.9 cm³/mol. The average molecular weight is 368 g/mol. The minimum absolute atomic E-state index is 0.476. The van der Waals surface area contributed by atoms with Crippen LogP contribution in [0.5, 0.6) is 0 Å². The second-order valence-electron chi connectivity index (χ2n) is 7.08. The van der Waals surface area contributed by atoms with Crippen LogP contribution in [0.1, 0.15) is 34.1 Å². The van der Waals surface area contributed by atoms with Crippen molar-refractivity contribution in [3.63, 3.8) is 0 Å². The third-order valence-corrected chi connectivity index (χ3v) is 4.88. The Kier molecular flexibility index (Phi) is 4.09. The standard InChI is InChI=1S/C15H19F3O7/c1-5-13(2,3)12(20)23-8-6-7(21-10(8)19)9-11(22-6)25-14(4,24-9)15(16,17)18/h6-9,11H,5H2,1-4H3. The van der Waals surface area contributed by atoms with Gasteiger partial charge in [-0.25, -0.2) is 4.79 Å². The molecule has 6 atom stereocenters. The molecule has 0 bridgehead atoms. The van der Waals surface area contributed by atoms with Crippen molar-refractivity contribution >= 4 is 11.9 Å². The predicted octanol–water partition coefficient (Wildman–Crippen LogP) is 1.68. The third-order valence-electron chi connectivity index (χ3n) is 4.88. The van der Waals surface area contributed by atoms with Gasteiger partial charge >= 0.3 is 18.1 Å². The van der Waals surface area contributed by atoms with Gasteiger partial charge in [0.25, 0.3) is 5.79 Å². The molecule has 10 heteroatoms. The van der Waals surface area contributed by atoms with Crippen LogP contribution in [0.25, 0.3) is 0 Å². The number of carbonyl (C=O) groups is 2. The topological polar surface area (TPSA) is 80.3 Å². The molecule has 0 aromatic heterocycles. The number of carbonyl (C=O) groups excluding carboxylic acids is 2. The molecule has 25 heavy (non-hydrogen) atoms. The maximum absolute atomic E-state index is 13.0. The van der Waals surface area contributed by atoms with E-state index in [1.165, 1.54) is 0 Å². The monoisotopic (exact) mass is 368 g/mol. The van der Waals surface area contributed by atoms with Gasteiger partial charge in [0, 0.05) is 0 Å². The number of esters is 2. The molecule has 3 rings (SSSR count). The molecule has 0 amide bonds. The van der Waals surface area contributed by atoms with Crippen LogP contribution in [0.15, 0.2) is 0 Å². The molecule has 3 fully saturated rings. The Morgan fingerprint density at radius 2 is 1.84 bits per heavy atom. The van der Waals surface area contributed by atoms with Gasteiger partial charge in [0.1, 0.15) is 6.10 Å². The van der Waals surface area contributed by atoms with E-state index in [1.54, 1.807) is 20.8 Å². The molecule has 3 aliphatic heterocycles. The smallest absolute Gasteiger partial charge is 0.443 e. The molecule has 0 N–H and O–H groups in total. The van der Waals surface area contributed by atoms with Crippen LogP contribution in [0, 0.1) is 5.41 Å². The lowest BCUT2D eigenvalue weighted by atomic mass is 9.90. The van der Waals surface area contributed by atoms with E-state index in [1.807, 2.05) is 0 Å². The average Bonchev–Trinajstić information content (AvgIpc) is 3.08. The Bertz CT molecular complexity index is 590. The number of halogens is 3. The molecule has 0 saturated carbocycles. The molecular formula is C15H19F3O7. The summed E-state index contributed by atoms with van der Waals surface area (Å²) in [6.07, 6.45) is -10.5. The lowest BCUT2D eigenvalue weighted by molar-refractivity contribution is -0.359. The van der Waals surface area contributed by atoms with Crippen LogP contribution in [0.2, 0.25) is 0 Å². The van der Waals surface area contributed by atoms with E-state index in [9.17, 15) is 22.8 Å². The van der Waals surface area contributed by atoms with Crippen LogP contribution in [-0.4, -0.2) is 54.6 Å². The van der Waals surface area contributed by atoms with Crippen molar-refractivity contribution < 1.29 is 46.4 Å². The molecule has 0 aromatic carbocycles. The zero-order valence-electron chi connectivity index (χ0n) is 14.1. The van der Waals surface area contributed by atoms with E-state index in [0.29, 0.717) is 6.42 Å². The zero-order chi connectivity index (χ0) is 18.8. The van der Waals surface area contributed by atoms with Gasteiger partial charge in [0.05, 0.1) is 5.41 Å². The number of ether oxygens (including phenoxy) is 5. The Morgan fingerprint density at radius 1 is 1.20 bits per heavy atom. The molecule has 3 saturated heterocycles. The highest BCUT2D eigenvalue weighted by Gasteiger charge is 2.70. The first-order chi connectivity index (χ1) is 11.4. The van der Waals surface area contributed by atoms with Crippen LogP contribution in [0.4, 0.5) is 13.2 Å². The van der Waals surface area contributed by atoms with Crippen molar-refractivity contribution in [2.75, 3.05) is 0 Å². The summed E-state index contributed by atoms with van der Waals surface area (Å²) in [6, 6.07) is 0. The van der Waals surface area contributed by atoms with Gasteiger partial charge < -0.3 is 23.7 Å². The summed E-state index contributed by atoms with van der Waals surface area (Å²) in [5, 5.41) is 0. The summed E-state index contributed by atoms with van der Waals surface area (Å²) in [6.45, 7) is 5.81. The van der Waals surface area contributed by atoms with Gasteiger partial charge in [0.15, 0.2) is 18.5 Å². The fourth-order valence-corrected chi connectivity index (χ4v) is 2.76. The molecule has 3 heterocycles. The summed E-state index contributed by atoms with van der Waals surface area (Å²) < 4.78 is 64.4. The molecule has 6 unspecified atom stereocenters. The summed E-state index contributed by atoms with van der Waals surface area (Å²) in [5.41, 5.74) is -0.825. The van der Waals surface area contributed by atoms with Crippen molar-refractivity contribution in [2.45, 2.75) is 76.8 Å². The molecule has 0 radical (unpaired) electrons. The van der Waals surface area contributed by atoms with E-state index >= 15 is 0 Å². The quantitative estimate of drug-likeness (QED) is 0.701. The van der Waals surface area contributed by atoms with Crippen LogP contribution >= 0.6 is 0 Å². The van der Waals surface area contributed by atoms with E-state index < -0.39 is 60.0 Å². The van der Waals surface area contributed by atoms with Crippen molar-refractivity contribution in [3.8, 4) is 0 Å². The van der Waals surface area contributed by atoms with E-state index in [0.717, 1.165) is 6.92 Å². The van der Waals surface area contributed by atoms with Crippen molar-refractivity contribution in [2.24, 2.45) is 5.41 Å². The highest BCUT2D eigenvalue weighted by molar-refractivity contribution is 5.84. The molecule has 142 valence electrons. The van der Waals surface area contributed by atoms with E-state index in [-0.39, 0.29) is 0 Å². The molecule has 3 aliphatic rings. The van der Waals surface area contributed by atoms with Crippen molar-refractivity contribution in [3.05, 3.63) is 0 Å². The van der Waals surface area contributed by atoms with Gasteiger partial charge in [-0.05, 0) is 27.2 Å². The first-order valence-electron chi connectivity index (χ1n) is 7.89. The Morgan fingerprint density at radius 3 is 2.40 bits per heavy atom. The van der Waals surface area contributed by atoms with Crippen LogP contribution in [0.3, 0.4) is 0 Å². The molecule has 0 spiro atoms. The maximum Gasteiger partial charge on any atom is 0.443 e. The van der Waals surface area contributed by atoms with Gasteiger partial charge in [-0.1, -0.05) is 6.92 Å². The molecule has 0 aliphatic carbocycles. The first kappa shape index (κ1) is 18.4. The van der Waals surface area contributed by atoms with E-state index in [4.69, 9.17) is 23.7 Å². The lowest BCUT2D eigenvalue weighted by Gasteiger charge is -2.28. The summed E-state index contributed by atoms with van der Waals surface area (Å²) in [4.78, 5) is 24.2. The van der Waals surface area contributed by atoms with E-state index in [2.05, 4.69) is 0 Å². The van der Waals surface area contributed by atoms with Gasteiger partial charge in [-0.15, -0.1) is 0 Å². The second-order valence-corrected chi connectivity index (χ2v) is 7.08. The molecular weight excluding hydrogens is 349 g/mol. The number of fused-ring (bicyclic) bond motifs is 3. The number of hydrogen-bond donors (Lipinski definition) is 0. The maximum atomic E-state index is 13.0. The number of rotatable bonds is 3. The van der Waals surface area contributed by atoms with Gasteiger partial charge in [-0.3, -0.25) is 4.79 Å². The largest absolute Gasteiger partial charge is 0.454 e. The number of alkyl halides is 3. The summed E-state index contributed by atoms with van der Waals surface area (Å²) in [7, 11) is 0. The number of hydrogen-bond acceptors (Lipinski definition) is 7.